The van der Waals surface area contributed by atoms with Crippen molar-refractivity contribution < 1.29 is 24.5 Å². The molecule has 0 saturated carbocycles. The summed E-state index contributed by atoms with van der Waals surface area (Å²) in [7, 11) is 1.44. The molecule has 0 atom stereocenters. The third-order valence-corrected chi connectivity index (χ3v) is 4.40. The smallest absolute Gasteiger partial charge is 0.249 e. The number of carbonyl (C=O) groups is 2. The molecule has 0 aliphatic heterocycles. The van der Waals surface area contributed by atoms with Crippen molar-refractivity contribution in [1.82, 2.24) is 0 Å². The van der Waals surface area contributed by atoms with Crippen LogP contribution < -0.4 is 10.5 Å². The van der Waals surface area contributed by atoms with Crippen LogP contribution in [0.25, 0.3) is 17.2 Å². The highest BCUT2D eigenvalue weighted by Gasteiger charge is 2.13. The van der Waals surface area contributed by atoms with Gasteiger partial charge in [0.1, 0.15) is 5.75 Å². The Morgan fingerprint density at radius 2 is 1.69 bits per heavy atom. The minimum Gasteiger partial charge on any atom is -0.507 e. The first-order chi connectivity index (χ1) is 13.9. The molecule has 6 nitrogen and oxygen atoms in total. The van der Waals surface area contributed by atoms with Gasteiger partial charge in [-0.05, 0) is 59.2 Å². The first kappa shape index (κ1) is 19.7. The van der Waals surface area contributed by atoms with Crippen LogP contribution >= 0.6 is 0 Å². The second kappa shape index (κ2) is 8.31. The van der Waals surface area contributed by atoms with E-state index in [2.05, 4.69) is 0 Å². The number of phenols is 2. The van der Waals surface area contributed by atoms with E-state index in [1.807, 2.05) is 0 Å². The molecule has 6 heteroatoms. The van der Waals surface area contributed by atoms with Gasteiger partial charge in [0, 0.05) is 5.56 Å². The van der Waals surface area contributed by atoms with Crippen molar-refractivity contribution in [3.63, 3.8) is 0 Å². The van der Waals surface area contributed by atoms with Gasteiger partial charge in [-0.1, -0.05) is 30.3 Å². The zero-order chi connectivity index (χ0) is 21.0. The van der Waals surface area contributed by atoms with Crippen LogP contribution in [0.3, 0.4) is 0 Å². The molecular formula is C23H19NO5. The number of hydrogen-bond acceptors (Lipinski definition) is 5. The number of primary amides is 1. The number of nitrogens with two attached hydrogens (primary N) is 1. The third kappa shape index (κ3) is 4.27. The van der Waals surface area contributed by atoms with Crippen molar-refractivity contribution >= 4 is 17.8 Å². The third-order valence-electron chi connectivity index (χ3n) is 4.40. The molecule has 0 radical (unpaired) electrons. The number of phenolic OH excluding ortho intramolecular Hbond substituents is 2. The summed E-state index contributed by atoms with van der Waals surface area (Å²) in [5.41, 5.74) is 7.67. The summed E-state index contributed by atoms with van der Waals surface area (Å²) in [4.78, 5) is 24.2. The Bertz CT molecular complexity index is 1120. The number of aromatic hydroxyl groups is 2. The van der Waals surface area contributed by atoms with Crippen LogP contribution in [0.2, 0.25) is 0 Å². The highest BCUT2D eigenvalue weighted by Crippen LogP contribution is 2.33. The minimum absolute atomic E-state index is 0.0731. The number of rotatable bonds is 6. The number of ether oxygens (including phenoxy) is 1. The van der Waals surface area contributed by atoms with E-state index in [9.17, 15) is 19.8 Å². The molecule has 4 N–H and O–H groups in total. The second-order valence-corrected chi connectivity index (χ2v) is 6.27. The highest BCUT2D eigenvalue weighted by atomic mass is 16.5. The van der Waals surface area contributed by atoms with Crippen molar-refractivity contribution in [3.8, 4) is 28.4 Å². The van der Waals surface area contributed by atoms with Crippen molar-refractivity contribution in [2.45, 2.75) is 0 Å². The molecule has 1 amide bonds. The van der Waals surface area contributed by atoms with E-state index in [1.165, 1.54) is 31.4 Å². The lowest BCUT2D eigenvalue weighted by Gasteiger charge is -2.11. The molecule has 0 aliphatic rings. The largest absolute Gasteiger partial charge is 0.507 e. The Kier molecular flexibility index (Phi) is 5.64. The number of benzene rings is 3. The number of allylic oxidation sites excluding steroid dienone is 1. The molecule has 29 heavy (non-hydrogen) atoms. The van der Waals surface area contributed by atoms with E-state index in [-0.39, 0.29) is 28.4 Å². The van der Waals surface area contributed by atoms with Gasteiger partial charge in [0.25, 0.3) is 0 Å². The summed E-state index contributed by atoms with van der Waals surface area (Å²) in [5, 5.41) is 19.9. The Morgan fingerprint density at radius 3 is 2.34 bits per heavy atom. The van der Waals surface area contributed by atoms with Crippen LogP contribution in [-0.4, -0.2) is 29.0 Å². The molecule has 0 heterocycles. The molecular weight excluding hydrogens is 370 g/mol. The fourth-order valence-electron chi connectivity index (χ4n) is 2.92. The Morgan fingerprint density at radius 1 is 0.931 bits per heavy atom. The number of ketones is 1. The van der Waals surface area contributed by atoms with Gasteiger partial charge >= 0.3 is 0 Å². The molecule has 3 aromatic carbocycles. The van der Waals surface area contributed by atoms with Gasteiger partial charge in [-0.25, -0.2) is 0 Å². The Labute approximate surface area is 167 Å². The first-order valence-corrected chi connectivity index (χ1v) is 8.72. The predicted molar refractivity (Wildman–Crippen MR) is 110 cm³/mol. The van der Waals surface area contributed by atoms with E-state index < -0.39 is 5.91 Å². The highest BCUT2D eigenvalue weighted by molar-refractivity contribution is 6.08. The van der Waals surface area contributed by atoms with E-state index in [4.69, 9.17) is 10.5 Å². The maximum absolute atomic E-state index is 12.3. The van der Waals surface area contributed by atoms with Crippen molar-refractivity contribution in [1.29, 1.82) is 0 Å². The second-order valence-electron chi connectivity index (χ2n) is 6.27. The lowest BCUT2D eigenvalue weighted by atomic mass is 9.96. The fraction of sp³-hybridized carbons (Fsp3) is 0.0435. The predicted octanol–water partition coefficient (Wildman–Crippen LogP) is 3.77. The lowest BCUT2D eigenvalue weighted by Crippen LogP contribution is -2.12. The molecule has 0 aromatic heterocycles. The Hall–Kier alpha value is -4.06. The number of carbonyl (C=O) groups excluding carboxylic acids is 2. The van der Waals surface area contributed by atoms with Crippen LogP contribution in [0.5, 0.6) is 17.2 Å². The van der Waals surface area contributed by atoms with Gasteiger partial charge in [-0.15, -0.1) is 0 Å². The molecule has 0 unspecified atom stereocenters. The van der Waals surface area contributed by atoms with E-state index in [0.717, 1.165) is 0 Å². The van der Waals surface area contributed by atoms with Crippen LogP contribution in [0.15, 0.2) is 66.7 Å². The van der Waals surface area contributed by atoms with Crippen LogP contribution in [0.4, 0.5) is 0 Å². The molecule has 0 saturated heterocycles. The number of amides is 1. The maximum atomic E-state index is 12.3. The number of hydrogen-bond donors (Lipinski definition) is 3. The van der Waals surface area contributed by atoms with Crippen LogP contribution in [-0.2, 0) is 0 Å². The SMILES string of the molecule is COc1ccc(-c2cc(C=CC(=O)c3ccccc3O)ccc2C(N)=O)cc1O. The first-order valence-electron chi connectivity index (χ1n) is 8.72. The quantitative estimate of drug-likeness (QED) is 0.439. The summed E-state index contributed by atoms with van der Waals surface area (Å²) in [6.07, 6.45) is 2.91. The van der Waals surface area contributed by atoms with E-state index >= 15 is 0 Å². The summed E-state index contributed by atoms with van der Waals surface area (Å²) < 4.78 is 5.04. The topological polar surface area (TPSA) is 110 Å². The zero-order valence-corrected chi connectivity index (χ0v) is 15.6. The van der Waals surface area contributed by atoms with E-state index in [0.29, 0.717) is 22.4 Å². The molecule has 3 rings (SSSR count). The normalized spacial score (nSPS) is 10.8. The summed E-state index contributed by atoms with van der Waals surface area (Å²) in [6, 6.07) is 15.9. The van der Waals surface area contributed by atoms with E-state index in [1.54, 1.807) is 48.5 Å². The minimum atomic E-state index is -0.615. The van der Waals surface area contributed by atoms with Gasteiger partial charge in [-0.2, -0.15) is 0 Å². The van der Waals surface area contributed by atoms with Crippen molar-refractivity contribution in [3.05, 3.63) is 83.4 Å². The number of methoxy groups -OCH3 is 1. The van der Waals surface area contributed by atoms with Crippen molar-refractivity contribution in [2.24, 2.45) is 5.73 Å². The average molecular weight is 389 g/mol. The molecule has 0 fully saturated rings. The molecule has 0 aliphatic carbocycles. The summed E-state index contributed by atoms with van der Waals surface area (Å²) >= 11 is 0. The van der Waals surface area contributed by atoms with Crippen molar-refractivity contribution in [2.75, 3.05) is 7.11 Å². The van der Waals surface area contributed by atoms with Crippen LogP contribution in [0.1, 0.15) is 26.3 Å². The molecule has 3 aromatic rings. The van der Waals surface area contributed by atoms with Gasteiger partial charge in [0.05, 0.1) is 12.7 Å². The lowest BCUT2D eigenvalue weighted by molar-refractivity contribution is 0.0999. The monoisotopic (exact) mass is 389 g/mol. The maximum Gasteiger partial charge on any atom is 0.249 e. The molecule has 0 spiro atoms. The summed E-state index contributed by atoms with van der Waals surface area (Å²) in [6.45, 7) is 0. The van der Waals surface area contributed by atoms with Gasteiger partial charge in [0.15, 0.2) is 17.3 Å². The zero-order valence-electron chi connectivity index (χ0n) is 15.6. The molecule has 146 valence electrons. The molecule has 0 bridgehead atoms. The van der Waals surface area contributed by atoms with Gasteiger partial charge < -0.3 is 20.7 Å². The number of para-hydroxylation sites is 1. The van der Waals surface area contributed by atoms with Crippen LogP contribution in [0, 0.1) is 0 Å². The average Bonchev–Trinajstić information content (AvgIpc) is 2.72. The Balaban J connectivity index is 1.99. The fourth-order valence-corrected chi connectivity index (χ4v) is 2.92. The standard InChI is InChI=1S/C23H19NO5/c1-29-22-11-8-15(13-21(22)27)18-12-14(6-9-16(18)23(24)28)7-10-20(26)17-4-2-3-5-19(17)25/h2-13,25,27H,1H3,(H2,24,28). The van der Waals surface area contributed by atoms with Gasteiger partial charge in [0.2, 0.25) is 5.91 Å². The summed E-state index contributed by atoms with van der Waals surface area (Å²) in [5.74, 6) is -0.836. The van der Waals surface area contributed by atoms with Gasteiger partial charge in [-0.3, -0.25) is 9.59 Å².